The lowest BCUT2D eigenvalue weighted by Crippen LogP contribution is -2.28. The van der Waals surface area contributed by atoms with Gasteiger partial charge < -0.3 is 15.8 Å². The molecule has 0 aromatic heterocycles. The van der Waals surface area contributed by atoms with E-state index < -0.39 is 9.84 Å². The van der Waals surface area contributed by atoms with Crippen LogP contribution >= 0.6 is 0 Å². The number of hydrogen-bond donors (Lipinski definition) is 2. The van der Waals surface area contributed by atoms with E-state index >= 15 is 0 Å². The van der Waals surface area contributed by atoms with E-state index in [-0.39, 0.29) is 28.2 Å². The van der Waals surface area contributed by atoms with Gasteiger partial charge in [-0.2, -0.15) is 0 Å². The Morgan fingerprint density at radius 2 is 2.00 bits per heavy atom. The Balaban J connectivity index is 2.76. The number of nitrogen functional groups attached to an aromatic ring is 1. The van der Waals surface area contributed by atoms with Crippen LogP contribution < -0.4 is 11.1 Å². The van der Waals surface area contributed by atoms with E-state index in [1.165, 1.54) is 18.2 Å². The highest BCUT2D eigenvalue weighted by Gasteiger charge is 2.13. The van der Waals surface area contributed by atoms with Crippen LogP contribution in [-0.4, -0.2) is 39.8 Å². The third-order valence-corrected chi connectivity index (χ3v) is 3.55. The molecule has 0 aliphatic rings. The molecule has 0 saturated carbocycles. The molecule has 112 valence electrons. The van der Waals surface area contributed by atoms with E-state index in [4.69, 9.17) is 10.5 Å². The average Bonchev–Trinajstić information content (AvgIpc) is 2.32. The second-order valence-corrected chi connectivity index (χ2v) is 6.75. The van der Waals surface area contributed by atoms with Gasteiger partial charge in [-0.25, -0.2) is 8.42 Å². The summed E-state index contributed by atoms with van der Waals surface area (Å²) in [4.78, 5) is 11.9. The highest BCUT2D eigenvalue weighted by Crippen LogP contribution is 2.16. The summed E-state index contributed by atoms with van der Waals surface area (Å²) in [6, 6.07) is 4.08. The number of benzene rings is 1. The molecule has 0 heterocycles. The van der Waals surface area contributed by atoms with Gasteiger partial charge in [0.25, 0.3) is 5.91 Å². The zero-order valence-corrected chi connectivity index (χ0v) is 12.7. The first-order valence-corrected chi connectivity index (χ1v) is 8.09. The summed E-state index contributed by atoms with van der Waals surface area (Å²) in [6.07, 6.45) is 1.16. The maximum Gasteiger partial charge on any atom is 0.251 e. The molecule has 1 aromatic carbocycles. The monoisotopic (exact) mass is 300 g/mol. The molecule has 0 aliphatic carbocycles. The topological polar surface area (TPSA) is 98.5 Å². The van der Waals surface area contributed by atoms with Crippen molar-refractivity contribution in [1.29, 1.82) is 0 Å². The Kier molecular flexibility index (Phi) is 5.52. The highest BCUT2D eigenvalue weighted by molar-refractivity contribution is 7.90. The fourth-order valence-electron chi connectivity index (χ4n) is 1.53. The number of carbonyl (C=O) groups is 1. The summed E-state index contributed by atoms with van der Waals surface area (Å²) >= 11 is 0. The zero-order chi connectivity index (χ0) is 15.3. The van der Waals surface area contributed by atoms with Crippen LogP contribution in [0.2, 0.25) is 0 Å². The Bertz CT molecular complexity index is 582. The van der Waals surface area contributed by atoms with Crippen molar-refractivity contribution in [3.63, 3.8) is 0 Å². The van der Waals surface area contributed by atoms with Gasteiger partial charge in [-0.1, -0.05) is 0 Å². The first-order valence-electron chi connectivity index (χ1n) is 6.20. The molecular weight excluding hydrogens is 280 g/mol. The number of sulfone groups is 1. The van der Waals surface area contributed by atoms with Crippen LogP contribution in [0.5, 0.6) is 0 Å². The molecule has 20 heavy (non-hydrogen) atoms. The van der Waals surface area contributed by atoms with Gasteiger partial charge >= 0.3 is 0 Å². The maximum absolute atomic E-state index is 11.9. The third-order valence-electron chi connectivity index (χ3n) is 2.46. The maximum atomic E-state index is 11.9. The minimum atomic E-state index is -3.40. The third kappa shape index (κ3) is 5.18. The van der Waals surface area contributed by atoms with Crippen LogP contribution in [0.25, 0.3) is 0 Å². The van der Waals surface area contributed by atoms with Gasteiger partial charge in [-0.3, -0.25) is 4.79 Å². The lowest BCUT2D eigenvalue weighted by Gasteiger charge is -2.10. The summed E-state index contributed by atoms with van der Waals surface area (Å²) in [6.45, 7) is 4.54. The van der Waals surface area contributed by atoms with E-state index in [2.05, 4.69) is 5.32 Å². The standard InChI is InChI=1S/C13H20N2O4S/c1-9(2)19-5-4-15-13(16)10-6-11(14)8-12(7-10)20(3,17)18/h6-9H,4-5,14H2,1-3H3,(H,15,16). The molecule has 0 saturated heterocycles. The van der Waals surface area contributed by atoms with Crippen molar-refractivity contribution in [2.45, 2.75) is 24.8 Å². The molecule has 0 aliphatic heterocycles. The molecular formula is C13H20N2O4S. The number of rotatable bonds is 6. The van der Waals surface area contributed by atoms with Gasteiger partial charge in [-0.15, -0.1) is 0 Å². The summed E-state index contributed by atoms with van der Waals surface area (Å²) in [5.74, 6) is -0.380. The molecule has 1 aromatic rings. The van der Waals surface area contributed by atoms with Gasteiger partial charge in [0.2, 0.25) is 0 Å². The Morgan fingerprint density at radius 3 is 2.55 bits per heavy atom. The molecule has 0 atom stereocenters. The molecule has 0 radical (unpaired) electrons. The minimum Gasteiger partial charge on any atom is -0.399 e. The van der Waals surface area contributed by atoms with E-state index in [0.717, 1.165) is 6.26 Å². The minimum absolute atomic E-state index is 0.0288. The molecule has 0 bridgehead atoms. The lowest BCUT2D eigenvalue weighted by molar-refractivity contribution is 0.0746. The molecule has 0 fully saturated rings. The number of nitrogens with two attached hydrogens (primary N) is 1. The average molecular weight is 300 g/mol. The van der Waals surface area contributed by atoms with E-state index in [1.54, 1.807) is 0 Å². The first-order chi connectivity index (χ1) is 9.20. The van der Waals surface area contributed by atoms with Gasteiger partial charge in [0, 0.05) is 24.1 Å². The SMILES string of the molecule is CC(C)OCCNC(=O)c1cc(N)cc(S(C)(=O)=O)c1. The molecule has 0 spiro atoms. The van der Waals surface area contributed by atoms with Gasteiger partial charge in [0.05, 0.1) is 17.6 Å². The molecule has 3 N–H and O–H groups in total. The van der Waals surface area contributed by atoms with Crippen molar-refractivity contribution in [1.82, 2.24) is 5.32 Å². The van der Waals surface area contributed by atoms with Crippen molar-refractivity contribution in [3.8, 4) is 0 Å². The van der Waals surface area contributed by atoms with Gasteiger partial charge in [0.15, 0.2) is 9.84 Å². The van der Waals surface area contributed by atoms with Crippen LogP contribution in [0, 0.1) is 0 Å². The van der Waals surface area contributed by atoms with Crippen molar-refractivity contribution in [2.75, 3.05) is 25.1 Å². The molecule has 7 heteroatoms. The van der Waals surface area contributed by atoms with E-state index in [1.807, 2.05) is 13.8 Å². The van der Waals surface area contributed by atoms with Crippen molar-refractivity contribution < 1.29 is 17.9 Å². The molecule has 0 unspecified atom stereocenters. The molecule has 6 nitrogen and oxygen atoms in total. The van der Waals surface area contributed by atoms with Crippen molar-refractivity contribution in [2.24, 2.45) is 0 Å². The fourth-order valence-corrected chi connectivity index (χ4v) is 2.22. The predicted molar refractivity (Wildman–Crippen MR) is 77.4 cm³/mol. The number of ether oxygens (including phenoxy) is 1. The van der Waals surface area contributed by atoms with Crippen LogP contribution in [0.4, 0.5) is 5.69 Å². The predicted octanol–water partition coefficient (Wildman–Crippen LogP) is 0.827. The van der Waals surface area contributed by atoms with Crippen molar-refractivity contribution >= 4 is 21.4 Å². The van der Waals surface area contributed by atoms with Crippen LogP contribution in [0.3, 0.4) is 0 Å². The lowest BCUT2D eigenvalue weighted by atomic mass is 10.2. The normalized spacial score (nSPS) is 11.6. The van der Waals surface area contributed by atoms with E-state index in [9.17, 15) is 13.2 Å². The quantitative estimate of drug-likeness (QED) is 0.599. The first kappa shape index (κ1) is 16.5. The molecule has 1 rings (SSSR count). The summed E-state index contributed by atoms with van der Waals surface area (Å²) in [5, 5.41) is 2.65. The number of nitrogens with one attached hydrogen (secondary N) is 1. The Morgan fingerprint density at radius 1 is 1.35 bits per heavy atom. The van der Waals surface area contributed by atoms with Crippen LogP contribution in [0.15, 0.2) is 23.1 Å². The van der Waals surface area contributed by atoms with E-state index in [0.29, 0.717) is 13.2 Å². The number of amides is 1. The summed E-state index contributed by atoms with van der Waals surface area (Å²) in [7, 11) is -3.40. The second-order valence-electron chi connectivity index (χ2n) is 4.74. The number of hydrogen-bond acceptors (Lipinski definition) is 5. The van der Waals surface area contributed by atoms with Gasteiger partial charge in [-0.05, 0) is 32.0 Å². The molecule has 1 amide bonds. The van der Waals surface area contributed by atoms with Crippen LogP contribution in [-0.2, 0) is 14.6 Å². The van der Waals surface area contributed by atoms with Crippen molar-refractivity contribution in [3.05, 3.63) is 23.8 Å². The Labute approximate surface area is 119 Å². The zero-order valence-electron chi connectivity index (χ0n) is 11.8. The Hall–Kier alpha value is -1.60. The summed E-state index contributed by atoms with van der Waals surface area (Å²) < 4.78 is 28.3. The smallest absolute Gasteiger partial charge is 0.251 e. The van der Waals surface area contributed by atoms with Crippen LogP contribution in [0.1, 0.15) is 24.2 Å². The fraction of sp³-hybridized carbons (Fsp3) is 0.462. The number of carbonyl (C=O) groups excluding carboxylic acids is 1. The summed E-state index contributed by atoms with van der Waals surface area (Å²) in [5.41, 5.74) is 6.07. The highest BCUT2D eigenvalue weighted by atomic mass is 32.2. The van der Waals surface area contributed by atoms with Gasteiger partial charge in [0.1, 0.15) is 0 Å². The number of anilines is 1. The largest absolute Gasteiger partial charge is 0.399 e. The second kappa shape index (κ2) is 6.71.